The van der Waals surface area contributed by atoms with Crippen LogP contribution in [0.5, 0.6) is 0 Å². The van der Waals surface area contributed by atoms with Gasteiger partial charge in [0.1, 0.15) is 0 Å². The second-order valence-corrected chi connectivity index (χ2v) is 8.42. The van der Waals surface area contributed by atoms with E-state index < -0.39 is 0 Å². The number of benzene rings is 2. The lowest BCUT2D eigenvalue weighted by Crippen LogP contribution is -2.48. The molecule has 0 atom stereocenters. The molecule has 0 bridgehead atoms. The molecule has 1 amide bonds. The molecule has 2 aromatic carbocycles. The van der Waals surface area contributed by atoms with Crippen molar-refractivity contribution in [1.82, 2.24) is 15.5 Å². The maximum absolute atomic E-state index is 11.9. The van der Waals surface area contributed by atoms with Crippen LogP contribution in [-0.4, -0.2) is 49.5 Å². The van der Waals surface area contributed by atoms with Crippen molar-refractivity contribution in [3.8, 4) is 0 Å². The van der Waals surface area contributed by atoms with Crippen molar-refractivity contribution in [2.24, 2.45) is 4.99 Å². The number of piperidine rings is 1. The van der Waals surface area contributed by atoms with Crippen LogP contribution in [0.3, 0.4) is 0 Å². The number of halogens is 1. The minimum absolute atomic E-state index is 0. The van der Waals surface area contributed by atoms with Crippen molar-refractivity contribution in [2.45, 2.75) is 44.8 Å². The number of aliphatic imine (C=N–C) groups is 1. The Balaban J connectivity index is 0.00000289. The number of carbonyl (C=O) groups is 1. The molecule has 4 rings (SSSR count). The molecule has 6 nitrogen and oxygen atoms in total. The Bertz CT molecular complexity index is 879. The van der Waals surface area contributed by atoms with E-state index in [0.717, 1.165) is 57.1 Å². The summed E-state index contributed by atoms with van der Waals surface area (Å²) in [6.45, 7) is 4.76. The number of likely N-dealkylation sites (tertiary alicyclic amines) is 1. The van der Waals surface area contributed by atoms with Gasteiger partial charge in [0.05, 0.1) is 0 Å². The van der Waals surface area contributed by atoms with Gasteiger partial charge in [0, 0.05) is 57.9 Å². The van der Waals surface area contributed by atoms with Crippen molar-refractivity contribution in [3.63, 3.8) is 0 Å². The lowest BCUT2D eigenvalue weighted by molar-refractivity contribution is -0.117. The van der Waals surface area contributed by atoms with Crippen LogP contribution >= 0.6 is 24.0 Å². The summed E-state index contributed by atoms with van der Waals surface area (Å²) < 4.78 is 0. The van der Waals surface area contributed by atoms with Crippen molar-refractivity contribution < 1.29 is 4.79 Å². The lowest BCUT2D eigenvalue weighted by atomic mass is 10.0. The van der Waals surface area contributed by atoms with E-state index in [1.807, 2.05) is 24.1 Å². The molecule has 172 valence electrons. The van der Waals surface area contributed by atoms with Gasteiger partial charge in [0.15, 0.2) is 5.96 Å². The topological polar surface area (TPSA) is 60.0 Å². The minimum Gasteiger partial charge on any atom is -0.354 e. The summed E-state index contributed by atoms with van der Waals surface area (Å²) in [5, 5.41) is 7.01. The first-order chi connectivity index (χ1) is 15.2. The Hall–Kier alpha value is -2.13. The van der Waals surface area contributed by atoms with Crippen molar-refractivity contribution in [2.75, 3.05) is 31.6 Å². The summed E-state index contributed by atoms with van der Waals surface area (Å²) in [5.74, 6) is 1.07. The molecule has 0 radical (unpaired) electrons. The largest absolute Gasteiger partial charge is 0.354 e. The number of carbonyl (C=O) groups excluding carboxylic acids is 1. The third-order valence-electron chi connectivity index (χ3n) is 6.18. The zero-order chi connectivity index (χ0) is 21.5. The standard InChI is InChI=1S/C25H33N5O.HI/c1-26-25(27-18-20-9-11-23(12-10-20)30-15-5-8-24(30)31)28-22-13-16-29(17-14-22)19-21-6-3-2-4-7-21;/h2-4,6-7,9-12,22H,5,8,13-19H2,1H3,(H2,26,27,28);1H. The van der Waals surface area contributed by atoms with Crippen LogP contribution in [0.1, 0.15) is 36.8 Å². The monoisotopic (exact) mass is 547 g/mol. The fraction of sp³-hybridized carbons (Fsp3) is 0.440. The Morgan fingerprint density at radius 3 is 2.34 bits per heavy atom. The summed E-state index contributed by atoms with van der Waals surface area (Å²) in [6, 6.07) is 19.4. The molecule has 2 heterocycles. The van der Waals surface area contributed by atoms with E-state index in [0.29, 0.717) is 19.0 Å². The highest BCUT2D eigenvalue weighted by atomic mass is 127. The van der Waals surface area contributed by atoms with Crippen LogP contribution in [0.15, 0.2) is 59.6 Å². The van der Waals surface area contributed by atoms with E-state index >= 15 is 0 Å². The predicted octanol–water partition coefficient (Wildman–Crippen LogP) is 3.76. The number of hydrogen-bond acceptors (Lipinski definition) is 3. The molecule has 0 unspecified atom stereocenters. The van der Waals surface area contributed by atoms with E-state index in [2.05, 4.69) is 63.0 Å². The molecule has 2 aliphatic heterocycles. The highest BCUT2D eigenvalue weighted by Crippen LogP contribution is 2.21. The Morgan fingerprint density at radius 1 is 1.00 bits per heavy atom. The zero-order valence-electron chi connectivity index (χ0n) is 18.8. The number of hydrogen-bond donors (Lipinski definition) is 2. The molecular weight excluding hydrogens is 513 g/mol. The molecule has 0 aliphatic carbocycles. The van der Waals surface area contributed by atoms with Gasteiger partial charge in [0.25, 0.3) is 0 Å². The number of nitrogens with one attached hydrogen (secondary N) is 2. The van der Waals surface area contributed by atoms with E-state index in [4.69, 9.17) is 0 Å². The van der Waals surface area contributed by atoms with Crippen LogP contribution in [0.25, 0.3) is 0 Å². The number of guanidine groups is 1. The molecular formula is C25H34IN5O. The summed E-state index contributed by atoms with van der Waals surface area (Å²) in [4.78, 5) is 20.7. The summed E-state index contributed by atoms with van der Waals surface area (Å²) in [6.07, 6.45) is 3.85. The first-order valence-electron chi connectivity index (χ1n) is 11.3. The van der Waals surface area contributed by atoms with Gasteiger partial charge in [-0.1, -0.05) is 42.5 Å². The lowest BCUT2D eigenvalue weighted by Gasteiger charge is -2.33. The van der Waals surface area contributed by atoms with E-state index in [-0.39, 0.29) is 29.9 Å². The second-order valence-electron chi connectivity index (χ2n) is 8.42. The van der Waals surface area contributed by atoms with Crippen LogP contribution in [0, 0.1) is 0 Å². The van der Waals surface area contributed by atoms with Crippen LogP contribution < -0.4 is 15.5 Å². The molecule has 0 spiro atoms. The Kier molecular flexibility index (Phi) is 9.35. The van der Waals surface area contributed by atoms with E-state index in [9.17, 15) is 4.79 Å². The van der Waals surface area contributed by atoms with Gasteiger partial charge in [-0.2, -0.15) is 0 Å². The van der Waals surface area contributed by atoms with Gasteiger partial charge in [-0.05, 0) is 42.5 Å². The minimum atomic E-state index is 0. The fourth-order valence-electron chi connectivity index (χ4n) is 4.37. The molecule has 2 aromatic rings. The average Bonchev–Trinajstić information content (AvgIpc) is 3.24. The van der Waals surface area contributed by atoms with Crippen molar-refractivity contribution >= 4 is 41.5 Å². The predicted molar refractivity (Wildman–Crippen MR) is 142 cm³/mol. The highest BCUT2D eigenvalue weighted by molar-refractivity contribution is 14.0. The molecule has 2 N–H and O–H groups in total. The SMILES string of the molecule is CN=C(NCc1ccc(N2CCCC2=O)cc1)NC1CCN(Cc2ccccc2)CC1.I. The van der Waals surface area contributed by atoms with Crippen molar-refractivity contribution in [3.05, 3.63) is 65.7 Å². The van der Waals surface area contributed by atoms with Gasteiger partial charge in [0.2, 0.25) is 5.91 Å². The zero-order valence-corrected chi connectivity index (χ0v) is 21.1. The average molecular weight is 547 g/mol. The second kappa shape index (κ2) is 12.2. The smallest absolute Gasteiger partial charge is 0.227 e. The third kappa shape index (κ3) is 6.68. The molecule has 7 heteroatoms. The summed E-state index contributed by atoms with van der Waals surface area (Å²) in [7, 11) is 1.82. The first-order valence-corrected chi connectivity index (χ1v) is 11.3. The van der Waals surface area contributed by atoms with Gasteiger partial charge >= 0.3 is 0 Å². The van der Waals surface area contributed by atoms with Crippen LogP contribution in [0.2, 0.25) is 0 Å². The number of amides is 1. The van der Waals surface area contributed by atoms with Gasteiger partial charge in [-0.3, -0.25) is 14.7 Å². The highest BCUT2D eigenvalue weighted by Gasteiger charge is 2.22. The molecule has 32 heavy (non-hydrogen) atoms. The fourth-order valence-corrected chi connectivity index (χ4v) is 4.37. The maximum atomic E-state index is 11.9. The number of nitrogens with zero attached hydrogens (tertiary/aromatic N) is 3. The van der Waals surface area contributed by atoms with Crippen LogP contribution in [0.4, 0.5) is 5.69 Å². The number of rotatable bonds is 6. The number of anilines is 1. The van der Waals surface area contributed by atoms with Crippen molar-refractivity contribution in [1.29, 1.82) is 0 Å². The maximum Gasteiger partial charge on any atom is 0.227 e. The molecule has 2 saturated heterocycles. The molecule has 2 fully saturated rings. The third-order valence-corrected chi connectivity index (χ3v) is 6.18. The Morgan fingerprint density at radius 2 is 1.72 bits per heavy atom. The molecule has 2 aliphatic rings. The van der Waals surface area contributed by atoms with E-state index in [1.54, 1.807) is 0 Å². The summed E-state index contributed by atoms with van der Waals surface area (Å²) in [5.41, 5.74) is 3.55. The normalized spacial score (nSPS) is 17.8. The molecule has 0 saturated carbocycles. The molecule has 0 aromatic heterocycles. The summed E-state index contributed by atoms with van der Waals surface area (Å²) >= 11 is 0. The van der Waals surface area contributed by atoms with E-state index in [1.165, 1.54) is 11.1 Å². The van der Waals surface area contributed by atoms with Crippen LogP contribution in [-0.2, 0) is 17.9 Å². The van der Waals surface area contributed by atoms with Gasteiger partial charge < -0.3 is 15.5 Å². The first kappa shape index (κ1) is 24.5. The Labute approximate surface area is 208 Å². The van der Waals surface area contributed by atoms with Gasteiger partial charge in [-0.15, -0.1) is 24.0 Å². The van der Waals surface area contributed by atoms with Gasteiger partial charge in [-0.25, -0.2) is 0 Å². The quantitative estimate of drug-likeness (QED) is 0.329.